The monoisotopic (exact) mass is 304 g/mol. The number of likely N-dealkylation sites (N-methyl/N-ethyl adjacent to an activating group) is 1. The van der Waals surface area contributed by atoms with Gasteiger partial charge in [0.25, 0.3) is 0 Å². The summed E-state index contributed by atoms with van der Waals surface area (Å²) in [6.45, 7) is 4.99. The molecular weight excluding hydrogens is 281 g/mol. The van der Waals surface area contributed by atoms with E-state index in [4.69, 9.17) is 10.5 Å². The molecule has 0 amide bonds. The number of benzene rings is 1. The minimum absolute atomic E-state index is 0.0187. The minimum Gasteiger partial charge on any atom is -0.383 e. The molecule has 0 spiro atoms. The fraction of sp³-hybridized carbons (Fsp3) is 0.600. The second kappa shape index (κ2) is 7.77. The van der Waals surface area contributed by atoms with Gasteiger partial charge in [-0.25, -0.2) is 0 Å². The number of alkyl halides is 3. The van der Waals surface area contributed by atoms with Crippen LogP contribution in [-0.2, 0) is 10.9 Å². The predicted octanol–water partition coefficient (Wildman–Crippen LogP) is 3.06. The molecule has 2 N–H and O–H groups in total. The minimum atomic E-state index is -4.38. The van der Waals surface area contributed by atoms with Crippen LogP contribution < -0.4 is 5.73 Å². The van der Waals surface area contributed by atoms with Crippen LogP contribution >= 0.6 is 0 Å². The van der Waals surface area contributed by atoms with Crippen molar-refractivity contribution in [3.63, 3.8) is 0 Å². The van der Waals surface area contributed by atoms with Crippen LogP contribution in [0.2, 0.25) is 0 Å². The van der Waals surface area contributed by atoms with Crippen LogP contribution in [0.15, 0.2) is 24.3 Å². The summed E-state index contributed by atoms with van der Waals surface area (Å²) < 4.78 is 44.6. The van der Waals surface area contributed by atoms with Gasteiger partial charge in [-0.15, -0.1) is 0 Å². The van der Waals surface area contributed by atoms with Crippen LogP contribution in [0.1, 0.15) is 31.0 Å². The van der Waals surface area contributed by atoms with Gasteiger partial charge >= 0.3 is 6.18 Å². The Morgan fingerprint density at radius 2 is 1.90 bits per heavy atom. The van der Waals surface area contributed by atoms with Gasteiger partial charge < -0.3 is 10.5 Å². The van der Waals surface area contributed by atoms with Gasteiger partial charge in [0.15, 0.2) is 0 Å². The molecule has 0 aromatic heterocycles. The molecule has 2 atom stereocenters. The number of halogens is 3. The standard InChI is InChI=1S/C15H23F3N2O/c1-4-20(11(2)10-21-3)14(9-19)12-7-5-6-8-13(12)15(16,17)18/h5-8,11,14H,4,9-10,19H2,1-3H3. The van der Waals surface area contributed by atoms with E-state index in [1.807, 2.05) is 18.7 Å². The predicted molar refractivity (Wildman–Crippen MR) is 77.0 cm³/mol. The Morgan fingerprint density at radius 3 is 2.38 bits per heavy atom. The lowest BCUT2D eigenvalue weighted by atomic mass is 9.97. The molecule has 3 nitrogen and oxygen atoms in total. The van der Waals surface area contributed by atoms with Crippen molar-refractivity contribution < 1.29 is 17.9 Å². The smallest absolute Gasteiger partial charge is 0.383 e. The maximum Gasteiger partial charge on any atom is 0.416 e. The van der Waals surface area contributed by atoms with Crippen molar-refractivity contribution in [3.8, 4) is 0 Å². The lowest BCUT2D eigenvalue weighted by molar-refractivity contribution is -0.138. The number of rotatable bonds is 7. The molecule has 1 aromatic rings. The number of nitrogens with zero attached hydrogens (tertiary/aromatic N) is 1. The molecule has 0 radical (unpaired) electrons. The summed E-state index contributed by atoms with van der Waals surface area (Å²) in [4.78, 5) is 1.94. The quantitative estimate of drug-likeness (QED) is 0.841. The van der Waals surface area contributed by atoms with Gasteiger partial charge in [-0.05, 0) is 25.1 Å². The number of hydrogen-bond acceptors (Lipinski definition) is 3. The molecule has 0 fully saturated rings. The molecule has 6 heteroatoms. The Hall–Kier alpha value is -1.11. The van der Waals surface area contributed by atoms with E-state index in [0.29, 0.717) is 13.2 Å². The van der Waals surface area contributed by atoms with Gasteiger partial charge in [-0.3, -0.25) is 4.90 Å². The Bertz CT molecular complexity index is 437. The Kier molecular flexibility index (Phi) is 6.64. The van der Waals surface area contributed by atoms with Crippen LogP contribution in [-0.4, -0.2) is 37.7 Å². The average molecular weight is 304 g/mol. The fourth-order valence-electron chi connectivity index (χ4n) is 2.66. The van der Waals surface area contributed by atoms with Crippen LogP contribution in [0.5, 0.6) is 0 Å². The third-order valence-corrected chi connectivity index (χ3v) is 3.59. The Labute approximate surface area is 123 Å². The van der Waals surface area contributed by atoms with Crippen molar-refractivity contribution in [1.29, 1.82) is 0 Å². The van der Waals surface area contributed by atoms with Crippen molar-refractivity contribution in [3.05, 3.63) is 35.4 Å². The lowest BCUT2D eigenvalue weighted by Crippen LogP contribution is -2.42. The largest absolute Gasteiger partial charge is 0.416 e. The van der Waals surface area contributed by atoms with E-state index >= 15 is 0 Å². The van der Waals surface area contributed by atoms with Crippen LogP contribution in [0.25, 0.3) is 0 Å². The summed E-state index contributed by atoms with van der Waals surface area (Å²) in [6, 6.07) is 5.11. The summed E-state index contributed by atoms with van der Waals surface area (Å²) >= 11 is 0. The highest BCUT2D eigenvalue weighted by Gasteiger charge is 2.36. The highest BCUT2D eigenvalue weighted by atomic mass is 19.4. The molecule has 0 aliphatic rings. The molecule has 0 bridgehead atoms. The van der Waals surface area contributed by atoms with Crippen molar-refractivity contribution >= 4 is 0 Å². The van der Waals surface area contributed by atoms with E-state index in [-0.39, 0.29) is 18.2 Å². The third-order valence-electron chi connectivity index (χ3n) is 3.59. The molecule has 120 valence electrons. The van der Waals surface area contributed by atoms with E-state index in [0.717, 1.165) is 6.07 Å². The summed E-state index contributed by atoms with van der Waals surface area (Å²) in [5, 5.41) is 0. The molecule has 1 rings (SSSR count). The molecule has 0 aliphatic carbocycles. The highest BCUT2D eigenvalue weighted by Crippen LogP contribution is 2.36. The molecule has 0 saturated carbocycles. The second-order valence-electron chi connectivity index (χ2n) is 4.97. The lowest BCUT2D eigenvalue weighted by Gasteiger charge is -2.36. The zero-order valence-electron chi connectivity index (χ0n) is 12.7. The summed E-state index contributed by atoms with van der Waals surface area (Å²) in [5.74, 6) is 0. The third kappa shape index (κ3) is 4.43. The van der Waals surface area contributed by atoms with Gasteiger partial charge in [0.2, 0.25) is 0 Å². The van der Waals surface area contributed by atoms with Crippen LogP contribution in [0, 0.1) is 0 Å². The molecule has 0 aliphatic heterocycles. The first-order valence-electron chi connectivity index (χ1n) is 6.97. The SMILES string of the molecule is CCN(C(C)COC)C(CN)c1ccccc1C(F)(F)F. The van der Waals surface area contributed by atoms with Gasteiger partial charge in [-0.2, -0.15) is 13.2 Å². The van der Waals surface area contributed by atoms with Crippen LogP contribution in [0.3, 0.4) is 0 Å². The first-order chi connectivity index (χ1) is 9.86. The van der Waals surface area contributed by atoms with E-state index < -0.39 is 17.8 Å². The van der Waals surface area contributed by atoms with E-state index in [9.17, 15) is 13.2 Å². The Morgan fingerprint density at radius 1 is 1.29 bits per heavy atom. The molecule has 0 heterocycles. The van der Waals surface area contributed by atoms with Crippen LogP contribution in [0.4, 0.5) is 13.2 Å². The summed E-state index contributed by atoms with van der Waals surface area (Å²) in [7, 11) is 1.57. The molecule has 1 aromatic carbocycles. The van der Waals surface area contributed by atoms with E-state index in [1.54, 1.807) is 13.2 Å². The summed E-state index contributed by atoms with van der Waals surface area (Å²) in [6.07, 6.45) is -4.38. The summed E-state index contributed by atoms with van der Waals surface area (Å²) in [5.41, 5.74) is 5.38. The average Bonchev–Trinajstić information content (AvgIpc) is 2.43. The maximum absolute atomic E-state index is 13.2. The molecule has 0 saturated heterocycles. The topological polar surface area (TPSA) is 38.5 Å². The van der Waals surface area contributed by atoms with Crippen molar-refractivity contribution in [2.75, 3.05) is 26.8 Å². The fourth-order valence-corrected chi connectivity index (χ4v) is 2.66. The van der Waals surface area contributed by atoms with E-state index in [1.165, 1.54) is 12.1 Å². The first kappa shape index (κ1) is 17.9. The molecule has 2 unspecified atom stereocenters. The zero-order chi connectivity index (χ0) is 16.0. The number of methoxy groups -OCH3 is 1. The van der Waals surface area contributed by atoms with Gasteiger partial charge in [0, 0.05) is 25.7 Å². The zero-order valence-corrected chi connectivity index (χ0v) is 12.7. The second-order valence-corrected chi connectivity index (χ2v) is 4.97. The Balaban J connectivity index is 3.20. The normalized spacial score (nSPS) is 15.2. The van der Waals surface area contributed by atoms with Gasteiger partial charge in [-0.1, -0.05) is 25.1 Å². The first-order valence-corrected chi connectivity index (χ1v) is 6.97. The molecule has 21 heavy (non-hydrogen) atoms. The molecular formula is C15H23F3N2O. The van der Waals surface area contributed by atoms with E-state index in [2.05, 4.69) is 0 Å². The maximum atomic E-state index is 13.2. The number of nitrogens with two attached hydrogens (primary N) is 1. The van der Waals surface area contributed by atoms with Crippen molar-refractivity contribution in [2.45, 2.75) is 32.1 Å². The van der Waals surface area contributed by atoms with Gasteiger partial charge in [0.05, 0.1) is 12.2 Å². The van der Waals surface area contributed by atoms with Crippen molar-refractivity contribution in [2.24, 2.45) is 5.73 Å². The van der Waals surface area contributed by atoms with Crippen molar-refractivity contribution in [1.82, 2.24) is 4.90 Å². The van der Waals surface area contributed by atoms with Gasteiger partial charge in [0.1, 0.15) is 0 Å². The highest BCUT2D eigenvalue weighted by molar-refractivity contribution is 5.32. The number of hydrogen-bond donors (Lipinski definition) is 1. The number of ether oxygens (including phenoxy) is 1.